The molecule has 0 radical (unpaired) electrons. The van der Waals surface area contributed by atoms with E-state index in [0.717, 1.165) is 43.9 Å². The molecule has 6 heteroatoms. The maximum atomic E-state index is 12.8. The second-order valence-electron chi connectivity index (χ2n) is 7.32. The van der Waals surface area contributed by atoms with E-state index < -0.39 is 6.10 Å². The minimum atomic E-state index is -0.643. The van der Waals surface area contributed by atoms with Crippen LogP contribution in [-0.2, 0) is 9.53 Å². The zero-order valence-electron chi connectivity index (χ0n) is 17.0. The number of carbonyl (C=O) groups excluding carboxylic acids is 1. The lowest BCUT2D eigenvalue weighted by Crippen LogP contribution is -2.36. The average Bonchev–Trinajstić information content (AvgIpc) is 3.18. The molecule has 2 aromatic rings. The Labute approximate surface area is 167 Å². The molecule has 0 saturated carbocycles. The molecule has 1 atom stereocenters. The van der Waals surface area contributed by atoms with Gasteiger partial charge in [0, 0.05) is 32.8 Å². The van der Waals surface area contributed by atoms with E-state index in [4.69, 9.17) is 4.74 Å². The quantitative estimate of drug-likeness (QED) is 0.740. The molecule has 1 aliphatic rings. The van der Waals surface area contributed by atoms with Crippen molar-refractivity contribution in [3.8, 4) is 0 Å². The summed E-state index contributed by atoms with van der Waals surface area (Å²) in [5.74, 6) is 0.544. The van der Waals surface area contributed by atoms with Crippen LogP contribution < -0.4 is 5.32 Å². The van der Waals surface area contributed by atoms with Gasteiger partial charge in [-0.25, -0.2) is 4.68 Å². The fraction of sp³-hybridized carbons (Fsp3) is 0.455. The number of amides is 1. The van der Waals surface area contributed by atoms with Gasteiger partial charge in [-0.05, 0) is 32.3 Å². The molecule has 1 N–H and O–H groups in total. The van der Waals surface area contributed by atoms with Gasteiger partial charge < -0.3 is 10.1 Å². The number of benzene rings is 1. The molecular formula is C22H30N4O2. The molecule has 28 heavy (non-hydrogen) atoms. The molecule has 0 unspecified atom stereocenters. The number of hydrogen-bond acceptors (Lipinski definition) is 4. The number of methoxy groups -OCH3 is 1. The van der Waals surface area contributed by atoms with Gasteiger partial charge >= 0.3 is 0 Å². The summed E-state index contributed by atoms with van der Waals surface area (Å²) in [6.07, 6.45) is 5.32. The predicted octanol–water partition coefficient (Wildman–Crippen LogP) is 3.81. The van der Waals surface area contributed by atoms with Gasteiger partial charge in [0.2, 0.25) is 0 Å². The third-order valence-corrected chi connectivity index (χ3v) is 5.37. The summed E-state index contributed by atoms with van der Waals surface area (Å²) >= 11 is 0. The number of anilines is 1. The minimum Gasteiger partial charge on any atom is -0.367 e. The number of allylic oxidation sites excluding steroid dienone is 1. The number of nitrogens with zero attached hydrogens (tertiary/aromatic N) is 3. The third-order valence-electron chi connectivity index (χ3n) is 5.37. The van der Waals surface area contributed by atoms with Crippen LogP contribution in [0.25, 0.3) is 0 Å². The second kappa shape index (κ2) is 9.66. The third kappa shape index (κ3) is 4.88. The molecule has 1 fully saturated rings. The van der Waals surface area contributed by atoms with Crippen molar-refractivity contribution in [2.75, 3.05) is 32.1 Å². The maximum absolute atomic E-state index is 12.8. The largest absolute Gasteiger partial charge is 0.367 e. The number of carbonyl (C=O) groups is 1. The first kappa shape index (κ1) is 20.3. The Morgan fingerprint density at radius 2 is 2.00 bits per heavy atom. The highest BCUT2D eigenvalue weighted by atomic mass is 16.5. The highest BCUT2D eigenvalue weighted by Gasteiger charge is 2.25. The van der Waals surface area contributed by atoms with E-state index >= 15 is 0 Å². The molecule has 150 valence electrons. The van der Waals surface area contributed by atoms with Crippen LogP contribution in [0, 0.1) is 0 Å². The lowest BCUT2D eigenvalue weighted by molar-refractivity contribution is -0.126. The Morgan fingerprint density at radius 3 is 2.64 bits per heavy atom. The summed E-state index contributed by atoms with van der Waals surface area (Å²) in [7, 11) is 1.55. The van der Waals surface area contributed by atoms with Gasteiger partial charge in [0.05, 0.1) is 12.2 Å². The Balaban J connectivity index is 1.63. The molecule has 2 heterocycles. The molecule has 1 aliphatic heterocycles. The number of piperidine rings is 1. The van der Waals surface area contributed by atoms with Gasteiger partial charge in [0.25, 0.3) is 5.91 Å². The summed E-state index contributed by atoms with van der Waals surface area (Å²) < 4.78 is 7.39. The molecule has 0 aliphatic carbocycles. The number of likely N-dealkylation sites (tertiary alicyclic amines) is 1. The Bertz CT molecular complexity index is 792. The van der Waals surface area contributed by atoms with Crippen molar-refractivity contribution in [2.45, 2.75) is 38.8 Å². The van der Waals surface area contributed by atoms with E-state index in [2.05, 4.69) is 35.2 Å². The first-order chi connectivity index (χ1) is 13.6. The van der Waals surface area contributed by atoms with E-state index in [9.17, 15) is 4.79 Å². The van der Waals surface area contributed by atoms with Crippen LogP contribution >= 0.6 is 0 Å². The zero-order chi connectivity index (χ0) is 19.9. The van der Waals surface area contributed by atoms with Crippen molar-refractivity contribution in [3.63, 3.8) is 0 Å². The summed E-state index contributed by atoms with van der Waals surface area (Å²) in [4.78, 5) is 15.3. The predicted molar refractivity (Wildman–Crippen MR) is 111 cm³/mol. The van der Waals surface area contributed by atoms with E-state index in [-0.39, 0.29) is 5.91 Å². The molecule has 6 nitrogen and oxygen atoms in total. The van der Waals surface area contributed by atoms with Crippen LogP contribution in [0.15, 0.2) is 54.2 Å². The fourth-order valence-corrected chi connectivity index (χ4v) is 3.68. The molecular weight excluding hydrogens is 352 g/mol. The molecule has 1 amide bonds. The van der Waals surface area contributed by atoms with E-state index in [1.54, 1.807) is 13.3 Å². The molecule has 0 bridgehead atoms. The number of aromatic nitrogens is 2. The smallest absolute Gasteiger partial charge is 0.259 e. The first-order valence-electron chi connectivity index (χ1n) is 9.88. The maximum Gasteiger partial charge on any atom is 0.259 e. The van der Waals surface area contributed by atoms with Crippen molar-refractivity contribution in [1.29, 1.82) is 0 Å². The van der Waals surface area contributed by atoms with Crippen molar-refractivity contribution in [3.05, 3.63) is 59.8 Å². The van der Waals surface area contributed by atoms with Crippen LogP contribution in [0.2, 0.25) is 0 Å². The van der Waals surface area contributed by atoms with Crippen molar-refractivity contribution >= 4 is 11.7 Å². The summed E-state index contributed by atoms with van der Waals surface area (Å²) in [6, 6.07) is 11.7. The van der Waals surface area contributed by atoms with Gasteiger partial charge in [-0.15, -0.1) is 0 Å². The SMILES string of the molecule is C/C=C(\C)CN1CCC(n2nccc2NC(=O)[C@H](OC)c2ccccc2)CC1. The molecule has 1 aromatic heterocycles. The Hall–Kier alpha value is -2.44. The Morgan fingerprint density at radius 1 is 1.29 bits per heavy atom. The Kier molecular flexibility index (Phi) is 7.01. The standard InChI is InChI=1S/C22H30N4O2/c1-4-17(2)16-25-14-11-19(12-15-25)26-20(10-13-23-26)24-22(27)21(28-3)18-8-6-5-7-9-18/h4-10,13,19,21H,11-12,14-16H2,1-3H3,(H,24,27)/b17-4+/t21-/m1/s1. The van der Waals surface area contributed by atoms with Gasteiger partial charge in [-0.2, -0.15) is 5.10 Å². The highest BCUT2D eigenvalue weighted by Crippen LogP contribution is 2.27. The van der Waals surface area contributed by atoms with Gasteiger partial charge in [-0.3, -0.25) is 9.69 Å². The highest BCUT2D eigenvalue weighted by molar-refractivity contribution is 5.94. The first-order valence-corrected chi connectivity index (χ1v) is 9.88. The number of rotatable bonds is 7. The van der Waals surface area contributed by atoms with E-state index in [0.29, 0.717) is 6.04 Å². The number of ether oxygens (including phenoxy) is 1. The van der Waals surface area contributed by atoms with Crippen molar-refractivity contribution in [2.24, 2.45) is 0 Å². The summed E-state index contributed by atoms with van der Waals surface area (Å²) in [5, 5.41) is 7.49. The van der Waals surface area contributed by atoms with Crippen LogP contribution in [0.5, 0.6) is 0 Å². The normalized spacial score (nSPS) is 17.5. The zero-order valence-corrected chi connectivity index (χ0v) is 17.0. The average molecular weight is 383 g/mol. The molecule has 3 rings (SSSR count). The van der Waals surface area contributed by atoms with E-state index in [1.165, 1.54) is 5.57 Å². The van der Waals surface area contributed by atoms with Crippen LogP contribution in [-0.4, -0.2) is 47.3 Å². The molecule has 0 spiro atoms. The van der Waals surface area contributed by atoms with Crippen molar-refractivity contribution in [1.82, 2.24) is 14.7 Å². The molecule has 1 aromatic carbocycles. The van der Waals surface area contributed by atoms with Crippen LogP contribution in [0.4, 0.5) is 5.82 Å². The summed E-state index contributed by atoms with van der Waals surface area (Å²) in [6.45, 7) is 7.36. The number of nitrogens with one attached hydrogen (secondary N) is 1. The van der Waals surface area contributed by atoms with Gasteiger partial charge in [-0.1, -0.05) is 42.0 Å². The fourth-order valence-electron chi connectivity index (χ4n) is 3.68. The van der Waals surface area contributed by atoms with Crippen LogP contribution in [0.3, 0.4) is 0 Å². The van der Waals surface area contributed by atoms with Gasteiger partial charge in [0.1, 0.15) is 5.82 Å². The second-order valence-corrected chi connectivity index (χ2v) is 7.32. The number of hydrogen-bond donors (Lipinski definition) is 1. The monoisotopic (exact) mass is 382 g/mol. The lowest BCUT2D eigenvalue weighted by Gasteiger charge is -2.33. The topological polar surface area (TPSA) is 59.4 Å². The van der Waals surface area contributed by atoms with Gasteiger partial charge in [0.15, 0.2) is 6.10 Å². The minimum absolute atomic E-state index is 0.184. The molecule has 1 saturated heterocycles. The summed E-state index contributed by atoms with van der Waals surface area (Å²) in [5.41, 5.74) is 2.23. The van der Waals surface area contributed by atoms with E-state index in [1.807, 2.05) is 41.1 Å². The van der Waals surface area contributed by atoms with Crippen LogP contribution in [0.1, 0.15) is 44.4 Å². The van der Waals surface area contributed by atoms with Crippen molar-refractivity contribution < 1.29 is 9.53 Å². The lowest BCUT2D eigenvalue weighted by atomic mass is 10.0.